The van der Waals surface area contributed by atoms with Crippen LogP contribution in [0.4, 0.5) is 0 Å². The lowest BCUT2D eigenvalue weighted by Gasteiger charge is -2.28. The van der Waals surface area contributed by atoms with Crippen LogP contribution in [0.25, 0.3) is 5.57 Å². The maximum atomic E-state index is 7.04. The minimum Gasteiger partial charge on any atom is -0.365 e. The number of hydrogen-bond donors (Lipinski definition) is 3. The fourth-order valence-electron chi connectivity index (χ4n) is 2.13. The van der Waals surface area contributed by atoms with Crippen LogP contribution in [0.2, 0.25) is 0 Å². The van der Waals surface area contributed by atoms with E-state index in [1.165, 1.54) is 18.2 Å². The Morgan fingerprint density at radius 1 is 1.50 bits per heavy atom. The Labute approximate surface area is 120 Å². The van der Waals surface area contributed by atoms with Crippen LogP contribution < -0.4 is 10.6 Å². The van der Waals surface area contributed by atoms with Crippen LogP contribution in [0.3, 0.4) is 0 Å². The second-order valence-electron chi connectivity index (χ2n) is 4.89. The van der Waals surface area contributed by atoms with Gasteiger partial charge in [0.15, 0.2) is 0 Å². The number of benzene rings is 1. The zero-order valence-electron chi connectivity index (χ0n) is 11.8. The lowest BCUT2D eigenvalue weighted by Crippen LogP contribution is -2.34. The van der Waals surface area contributed by atoms with E-state index in [2.05, 4.69) is 41.5 Å². The van der Waals surface area contributed by atoms with Gasteiger partial charge in [-0.25, -0.2) is 0 Å². The number of allylic oxidation sites excluding steroid dienone is 4. The fourth-order valence-corrected chi connectivity index (χ4v) is 2.13. The molecule has 0 bridgehead atoms. The van der Waals surface area contributed by atoms with Crippen molar-refractivity contribution in [3.05, 3.63) is 66.0 Å². The lowest BCUT2D eigenvalue weighted by molar-refractivity contribution is 0.383. The third-order valence-electron chi connectivity index (χ3n) is 3.45. The van der Waals surface area contributed by atoms with E-state index < -0.39 is 0 Å². The summed E-state index contributed by atoms with van der Waals surface area (Å²) in [4.78, 5) is 0. The number of hydrogen-bond acceptors (Lipinski definition) is 3. The highest BCUT2D eigenvalue weighted by molar-refractivity contribution is 5.74. The van der Waals surface area contributed by atoms with Gasteiger partial charge in [0.1, 0.15) is 0 Å². The van der Waals surface area contributed by atoms with Crippen LogP contribution in [0, 0.1) is 5.41 Å². The highest BCUT2D eigenvalue weighted by atomic mass is 15.0. The van der Waals surface area contributed by atoms with Crippen molar-refractivity contribution >= 4 is 11.8 Å². The molecule has 1 atom stereocenters. The van der Waals surface area contributed by atoms with Gasteiger partial charge in [-0.2, -0.15) is 0 Å². The van der Waals surface area contributed by atoms with Crippen LogP contribution in [0.5, 0.6) is 0 Å². The molecule has 0 aliphatic carbocycles. The van der Waals surface area contributed by atoms with Crippen LogP contribution >= 0.6 is 0 Å². The van der Waals surface area contributed by atoms with Gasteiger partial charge in [-0.05, 0) is 48.7 Å². The summed E-state index contributed by atoms with van der Waals surface area (Å²) in [5.74, 6) is 0. The summed E-state index contributed by atoms with van der Waals surface area (Å²) in [6.07, 6.45) is 7.96. The van der Waals surface area contributed by atoms with Gasteiger partial charge in [-0.3, -0.25) is 0 Å². The zero-order chi connectivity index (χ0) is 14.4. The van der Waals surface area contributed by atoms with Crippen molar-refractivity contribution in [3.63, 3.8) is 0 Å². The van der Waals surface area contributed by atoms with E-state index in [4.69, 9.17) is 5.41 Å². The Morgan fingerprint density at radius 3 is 2.90 bits per heavy atom. The molecule has 2 rings (SSSR count). The lowest BCUT2D eigenvalue weighted by atomic mass is 9.94. The van der Waals surface area contributed by atoms with E-state index in [1.54, 1.807) is 6.08 Å². The first-order valence-electron chi connectivity index (χ1n) is 6.85. The van der Waals surface area contributed by atoms with Gasteiger partial charge in [0.25, 0.3) is 0 Å². The van der Waals surface area contributed by atoms with Crippen molar-refractivity contribution in [2.45, 2.75) is 19.4 Å². The molecule has 0 radical (unpaired) electrons. The fraction of sp³-hybridized carbons (Fsp3) is 0.235. The first-order valence-corrected chi connectivity index (χ1v) is 6.85. The average molecular weight is 267 g/mol. The normalized spacial score (nSPS) is 19.1. The molecule has 1 aliphatic heterocycles. The predicted octanol–water partition coefficient (Wildman–Crippen LogP) is 3.39. The van der Waals surface area contributed by atoms with Crippen molar-refractivity contribution in [1.82, 2.24) is 10.6 Å². The van der Waals surface area contributed by atoms with Crippen LogP contribution in [-0.4, -0.2) is 12.8 Å². The molecule has 1 aliphatic rings. The molecule has 1 unspecified atom stereocenters. The molecule has 1 heterocycles. The molecular formula is C17H21N3. The minimum atomic E-state index is 0.494. The summed E-state index contributed by atoms with van der Waals surface area (Å²) in [6, 6.07) is 9.04. The third-order valence-corrected chi connectivity index (χ3v) is 3.45. The Bertz CT molecular complexity index is 551. The smallest absolute Gasteiger partial charge is 0.0332 e. The van der Waals surface area contributed by atoms with Gasteiger partial charge in [0.2, 0.25) is 0 Å². The second kappa shape index (κ2) is 6.87. The summed E-state index contributed by atoms with van der Waals surface area (Å²) in [5.41, 5.74) is 4.45. The van der Waals surface area contributed by atoms with E-state index in [9.17, 15) is 0 Å². The van der Waals surface area contributed by atoms with E-state index >= 15 is 0 Å². The SMILES string of the molecule is C=C/C(=C\N/C(C)=C\C=N)c1cccc(C2CCN2)c1. The summed E-state index contributed by atoms with van der Waals surface area (Å²) in [7, 11) is 0. The van der Waals surface area contributed by atoms with E-state index in [0.717, 1.165) is 23.4 Å². The maximum Gasteiger partial charge on any atom is 0.0332 e. The molecule has 0 saturated carbocycles. The summed E-state index contributed by atoms with van der Waals surface area (Å²) in [6.45, 7) is 6.91. The number of nitrogens with one attached hydrogen (secondary N) is 3. The van der Waals surface area contributed by atoms with Crippen LogP contribution in [-0.2, 0) is 0 Å². The predicted molar refractivity (Wildman–Crippen MR) is 85.7 cm³/mol. The first kappa shape index (κ1) is 14.3. The van der Waals surface area contributed by atoms with E-state index in [0.29, 0.717) is 6.04 Å². The molecule has 0 aromatic heterocycles. The van der Waals surface area contributed by atoms with Crippen LogP contribution in [0.1, 0.15) is 30.5 Å². The Hall–Kier alpha value is -2.13. The Balaban J connectivity index is 2.18. The molecule has 3 heteroatoms. The molecule has 1 aromatic carbocycles. The molecule has 1 aromatic rings. The Morgan fingerprint density at radius 2 is 2.30 bits per heavy atom. The topological polar surface area (TPSA) is 47.9 Å². The van der Waals surface area contributed by atoms with Crippen molar-refractivity contribution in [2.24, 2.45) is 0 Å². The van der Waals surface area contributed by atoms with Gasteiger partial charge in [0.05, 0.1) is 0 Å². The van der Waals surface area contributed by atoms with E-state index in [1.807, 2.05) is 19.2 Å². The molecule has 0 amide bonds. The monoisotopic (exact) mass is 267 g/mol. The molecule has 3 nitrogen and oxygen atoms in total. The number of rotatable bonds is 6. The highest BCUT2D eigenvalue weighted by Crippen LogP contribution is 2.25. The molecule has 1 saturated heterocycles. The quantitative estimate of drug-likeness (QED) is 0.546. The molecule has 104 valence electrons. The van der Waals surface area contributed by atoms with Gasteiger partial charge >= 0.3 is 0 Å². The molecule has 1 fully saturated rings. The average Bonchev–Trinajstić information content (AvgIpc) is 2.38. The first-order chi connectivity index (χ1) is 9.74. The molecule has 20 heavy (non-hydrogen) atoms. The van der Waals surface area contributed by atoms with Crippen molar-refractivity contribution < 1.29 is 0 Å². The van der Waals surface area contributed by atoms with Gasteiger partial charge in [-0.15, -0.1) is 0 Å². The summed E-state index contributed by atoms with van der Waals surface area (Å²) in [5, 5.41) is 13.6. The summed E-state index contributed by atoms with van der Waals surface area (Å²) < 4.78 is 0. The zero-order valence-corrected chi connectivity index (χ0v) is 11.8. The van der Waals surface area contributed by atoms with Crippen LogP contribution in [0.15, 0.2) is 54.9 Å². The second-order valence-corrected chi connectivity index (χ2v) is 4.89. The largest absolute Gasteiger partial charge is 0.365 e. The summed E-state index contributed by atoms with van der Waals surface area (Å²) >= 11 is 0. The van der Waals surface area contributed by atoms with Gasteiger partial charge in [-0.1, -0.05) is 30.9 Å². The minimum absolute atomic E-state index is 0.494. The molecule has 3 N–H and O–H groups in total. The van der Waals surface area contributed by atoms with Gasteiger partial charge in [0, 0.05) is 24.2 Å². The highest BCUT2D eigenvalue weighted by Gasteiger charge is 2.18. The standard InChI is InChI=1S/C17H21N3/c1-3-14(12-20-13(2)7-9-18)15-5-4-6-16(11-15)17-8-10-19-17/h3-7,9,11-12,17-20H,1,8,10H2,2H3/b13-7-,14-12+,18-9?. The third kappa shape index (κ3) is 3.45. The molecule has 0 spiro atoms. The van der Waals surface area contributed by atoms with Crippen molar-refractivity contribution in [3.8, 4) is 0 Å². The van der Waals surface area contributed by atoms with Crippen molar-refractivity contribution in [1.29, 1.82) is 5.41 Å². The molecular weight excluding hydrogens is 246 g/mol. The Kier molecular flexibility index (Phi) is 4.91. The van der Waals surface area contributed by atoms with E-state index in [-0.39, 0.29) is 0 Å². The van der Waals surface area contributed by atoms with Gasteiger partial charge < -0.3 is 16.0 Å². The van der Waals surface area contributed by atoms with Crippen molar-refractivity contribution in [2.75, 3.05) is 6.54 Å². The maximum absolute atomic E-state index is 7.04.